The van der Waals surface area contributed by atoms with Gasteiger partial charge in [0.25, 0.3) is 0 Å². The average Bonchev–Trinajstić information content (AvgIpc) is 2.33. The number of nitrogens with one attached hydrogen (secondary N) is 1. The molecular weight excluding hydrogens is 186 g/mol. The Hall–Kier alpha value is 0.950. The standard InChI is InChI=1S/C6H11NS2.ClH/c1-5-3-8-9-4-6(5)2-7-1;/h5-7H,1-4H2;1H/t5-,6+;. The second-order valence-corrected chi connectivity index (χ2v) is 5.30. The van der Waals surface area contributed by atoms with E-state index in [-0.39, 0.29) is 12.4 Å². The Kier molecular flexibility index (Phi) is 3.70. The fourth-order valence-electron chi connectivity index (χ4n) is 1.45. The van der Waals surface area contributed by atoms with Crippen LogP contribution < -0.4 is 5.32 Å². The largest absolute Gasteiger partial charge is 0.316 e. The molecule has 2 rings (SSSR count). The first-order valence-electron chi connectivity index (χ1n) is 3.42. The molecule has 0 bridgehead atoms. The summed E-state index contributed by atoms with van der Waals surface area (Å²) in [5, 5.41) is 3.44. The number of rotatable bonds is 0. The van der Waals surface area contributed by atoms with Crippen LogP contribution in [0.1, 0.15) is 0 Å². The first-order valence-corrected chi connectivity index (χ1v) is 5.91. The van der Waals surface area contributed by atoms with Gasteiger partial charge in [0.05, 0.1) is 0 Å². The molecule has 2 fully saturated rings. The Bertz CT molecular complexity index is 99.9. The van der Waals surface area contributed by atoms with Gasteiger partial charge in [-0.05, 0) is 24.9 Å². The summed E-state index contributed by atoms with van der Waals surface area (Å²) in [6.45, 7) is 2.55. The summed E-state index contributed by atoms with van der Waals surface area (Å²) in [7, 11) is 4.10. The van der Waals surface area contributed by atoms with E-state index in [1.54, 1.807) is 0 Å². The molecule has 4 heteroatoms. The lowest BCUT2D eigenvalue weighted by Crippen LogP contribution is -2.19. The van der Waals surface area contributed by atoms with Crippen LogP contribution in [0.5, 0.6) is 0 Å². The fourth-order valence-corrected chi connectivity index (χ4v) is 4.40. The normalized spacial score (nSPS) is 38.4. The van der Waals surface area contributed by atoms with Crippen LogP contribution in [-0.2, 0) is 0 Å². The molecule has 1 nitrogen and oxygen atoms in total. The molecule has 0 radical (unpaired) electrons. The van der Waals surface area contributed by atoms with E-state index in [0.717, 1.165) is 11.8 Å². The maximum absolute atomic E-state index is 3.44. The molecular formula is C6H12ClNS2. The predicted molar refractivity (Wildman–Crippen MR) is 52.0 cm³/mol. The Morgan fingerprint density at radius 1 is 1.00 bits per heavy atom. The van der Waals surface area contributed by atoms with Crippen molar-refractivity contribution >= 4 is 34.0 Å². The fraction of sp³-hybridized carbons (Fsp3) is 1.00. The lowest BCUT2D eigenvalue weighted by molar-refractivity contribution is 0.508. The Balaban J connectivity index is 0.000000500. The summed E-state index contributed by atoms with van der Waals surface area (Å²) < 4.78 is 0. The zero-order valence-electron chi connectivity index (χ0n) is 5.71. The van der Waals surface area contributed by atoms with Gasteiger partial charge in [-0.1, -0.05) is 21.6 Å². The predicted octanol–water partition coefficient (Wildman–Crippen LogP) is 1.64. The van der Waals surface area contributed by atoms with E-state index in [1.807, 2.05) is 21.6 Å². The second kappa shape index (κ2) is 4.10. The number of halogens is 1. The average molecular weight is 198 g/mol. The highest BCUT2D eigenvalue weighted by Gasteiger charge is 2.29. The molecule has 0 aromatic carbocycles. The molecule has 0 aliphatic carbocycles. The van der Waals surface area contributed by atoms with Crippen LogP contribution in [0.2, 0.25) is 0 Å². The van der Waals surface area contributed by atoms with Crippen LogP contribution in [0.15, 0.2) is 0 Å². The summed E-state index contributed by atoms with van der Waals surface area (Å²) in [6.07, 6.45) is 0. The summed E-state index contributed by atoms with van der Waals surface area (Å²) in [5.41, 5.74) is 0. The quantitative estimate of drug-likeness (QED) is 0.594. The number of hydrogen-bond donors (Lipinski definition) is 1. The first kappa shape index (κ1) is 9.04. The van der Waals surface area contributed by atoms with E-state index in [9.17, 15) is 0 Å². The Morgan fingerprint density at radius 3 is 2.00 bits per heavy atom. The van der Waals surface area contributed by atoms with Gasteiger partial charge in [0.15, 0.2) is 0 Å². The van der Waals surface area contributed by atoms with Crippen molar-refractivity contribution in [2.75, 3.05) is 24.6 Å². The summed E-state index contributed by atoms with van der Waals surface area (Å²) >= 11 is 0. The van der Waals surface area contributed by atoms with Crippen molar-refractivity contribution in [3.05, 3.63) is 0 Å². The van der Waals surface area contributed by atoms with Crippen LogP contribution in [0.3, 0.4) is 0 Å². The molecule has 0 aromatic rings. The molecule has 60 valence electrons. The van der Waals surface area contributed by atoms with Gasteiger partial charge in [0.2, 0.25) is 0 Å². The van der Waals surface area contributed by atoms with Gasteiger partial charge in [0.1, 0.15) is 0 Å². The summed E-state index contributed by atoms with van der Waals surface area (Å²) in [4.78, 5) is 0. The molecule has 2 heterocycles. The molecule has 2 aliphatic heterocycles. The van der Waals surface area contributed by atoms with Crippen molar-refractivity contribution in [1.29, 1.82) is 0 Å². The van der Waals surface area contributed by atoms with Gasteiger partial charge in [-0.25, -0.2) is 0 Å². The lowest BCUT2D eigenvalue weighted by atomic mass is 10.0. The Morgan fingerprint density at radius 2 is 1.50 bits per heavy atom. The smallest absolute Gasteiger partial charge is 0.00808 e. The van der Waals surface area contributed by atoms with E-state index in [0.29, 0.717) is 0 Å². The molecule has 0 aromatic heterocycles. The molecule has 1 N–H and O–H groups in total. The molecule has 2 saturated heterocycles. The summed E-state index contributed by atoms with van der Waals surface area (Å²) in [5.74, 6) is 4.75. The summed E-state index contributed by atoms with van der Waals surface area (Å²) in [6, 6.07) is 0. The maximum Gasteiger partial charge on any atom is 0.00808 e. The molecule has 0 amide bonds. The van der Waals surface area contributed by atoms with Gasteiger partial charge in [-0.15, -0.1) is 12.4 Å². The van der Waals surface area contributed by atoms with Crippen molar-refractivity contribution in [1.82, 2.24) is 5.32 Å². The maximum atomic E-state index is 3.44. The van der Waals surface area contributed by atoms with Gasteiger partial charge in [0, 0.05) is 11.5 Å². The van der Waals surface area contributed by atoms with Crippen molar-refractivity contribution < 1.29 is 0 Å². The highest BCUT2D eigenvalue weighted by molar-refractivity contribution is 8.76. The Labute approximate surface area is 75.9 Å². The minimum atomic E-state index is 0. The third-order valence-electron chi connectivity index (χ3n) is 2.13. The minimum Gasteiger partial charge on any atom is -0.316 e. The van der Waals surface area contributed by atoms with Gasteiger partial charge >= 0.3 is 0 Å². The monoisotopic (exact) mass is 197 g/mol. The van der Waals surface area contributed by atoms with Crippen molar-refractivity contribution in [3.63, 3.8) is 0 Å². The third kappa shape index (κ3) is 1.76. The van der Waals surface area contributed by atoms with E-state index in [2.05, 4.69) is 5.32 Å². The zero-order valence-corrected chi connectivity index (χ0v) is 8.16. The minimum absolute atomic E-state index is 0. The van der Waals surface area contributed by atoms with Gasteiger partial charge < -0.3 is 5.32 Å². The van der Waals surface area contributed by atoms with E-state index >= 15 is 0 Å². The van der Waals surface area contributed by atoms with Crippen molar-refractivity contribution in [2.45, 2.75) is 0 Å². The van der Waals surface area contributed by atoms with Crippen LogP contribution in [0.25, 0.3) is 0 Å². The number of hydrogen-bond acceptors (Lipinski definition) is 3. The zero-order chi connectivity index (χ0) is 6.10. The van der Waals surface area contributed by atoms with Crippen molar-refractivity contribution in [3.8, 4) is 0 Å². The van der Waals surface area contributed by atoms with Crippen molar-refractivity contribution in [2.24, 2.45) is 11.8 Å². The van der Waals surface area contributed by atoms with E-state index < -0.39 is 0 Å². The molecule has 10 heavy (non-hydrogen) atoms. The molecule has 0 spiro atoms. The van der Waals surface area contributed by atoms with Crippen LogP contribution in [-0.4, -0.2) is 24.6 Å². The second-order valence-electron chi connectivity index (χ2n) is 2.75. The van der Waals surface area contributed by atoms with E-state index in [1.165, 1.54) is 24.6 Å². The first-order chi connectivity index (χ1) is 4.47. The SMILES string of the molecule is C1NC[C@H]2CSSC[C@@H]12.Cl. The third-order valence-corrected chi connectivity index (χ3v) is 4.74. The highest BCUT2D eigenvalue weighted by atomic mass is 35.5. The van der Waals surface area contributed by atoms with Gasteiger partial charge in [-0.2, -0.15) is 0 Å². The van der Waals surface area contributed by atoms with Crippen LogP contribution in [0.4, 0.5) is 0 Å². The molecule has 2 atom stereocenters. The van der Waals surface area contributed by atoms with Crippen LogP contribution >= 0.6 is 34.0 Å². The van der Waals surface area contributed by atoms with Gasteiger partial charge in [-0.3, -0.25) is 0 Å². The molecule has 0 saturated carbocycles. The number of fused-ring (bicyclic) bond motifs is 1. The lowest BCUT2D eigenvalue weighted by Gasteiger charge is -2.21. The highest BCUT2D eigenvalue weighted by Crippen LogP contribution is 2.37. The van der Waals surface area contributed by atoms with Crippen LogP contribution in [0, 0.1) is 11.8 Å². The topological polar surface area (TPSA) is 12.0 Å². The van der Waals surface area contributed by atoms with E-state index in [4.69, 9.17) is 0 Å². The molecule has 0 unspecified atom stereocenters. The molecule has 2 aliphatic rings.